The van der Waals surface area contributed by atoms with Crippen LogP contribution < -0.4 is 10.2 Å². The topological polar surface area (TPSA) is 188 Å². The third-order valence-corrected chi connectivity index (χ3v) is 4.72. The fraction of sp³-hybridized carbons (Fsp3) is 0.0769. The number of hydrogen-bond donors (Lipinski definition) is 2. The first kappa shape index (κ1) is 30.6. The molecular weight excluding hydrogens is 601 g/mol. The normalized spacial score (nSPS) is 12.2. The summed E-state index contributed by atoms with van der Waals surface area (Å²) in [6.07, 6.45) is 9.19. The van der Waals surface area contributed by atoms with Gasteiger partial charge < -0.3 is 20.4 Å². The van der Waals surface area contributed by atoms with Gasteiger partial charge in [-0.3, -0.25) is 19.9 Å². The molecule has 2 N–H and O–H groups in total. The van der Waals surface area contributed by atoms with Crippen LogP contribution in [-0.2, 0) is 27.3 Å². The predicted octanol–water partition coefficient (Wildman–Crippen LogP) is 1.42. The molecular formula is C26H22CdN8O4. The molecule has 0 atom stereocenters. The summed E-state index contributed by atoms with van der Waals surface area (Å²) in [4.78, 5) is 15.9. The number of phenolic OH excluding ortho intramolecular Hbond substituents is 2. The van der Waals surface area contributed by atoms with Crippen LogP contribution in [0.15, 0.2) is 106 Å². The second-order valence-corrected chi connectivity index (χ2v) is 7.40. The van der Waals surface area contributed by atoms with Crippen molar-refractivity contribution in [3.8, 4) is 11.5 Å². The predicted molar refractivity (Wildman–Crippen MR) is 138 cm³/mol. The van der Waals surface area contributed by atoms with E-state index in [4.69, 9.17) is 0 Å². The summed E-state index contributed by atoms with van der Waals surface area (Å²) in [5.74, 6) is -1.46. The van der Waals surface area contributed by atoms with E-state index in [1.807, 2.05) is 0 Å². The van der Waals surface area contributed by atoms with Gasteiger partial charge in [0.15, 0.2) is 0 Å². The molecule has 12 nitrogen and oxygen atoms in total. The van der Waals surface area contributed by atoms with Gasteiger partial charge in [-0.25, -0.2) is 0 Å². The maximum Gasteiger partial charge on any atom is 2.00 e. The number of aromatic hydroxyl groups is 2. The molecule has 2 aromatic heterocycles. The van der Waals surface area contributed by atoms with Gasteiger partial charge in [0.05, 0.1) is 23.8 Å². The maximum absolute atomic E-state index is 11.7. The molecule has 0 aliphatic heterocycles. The molecule has 0 saturated carbocycles. The first-order valence-corrected chi connectivity index (χ1v) is 11.0. The van der Waals surface area contributed by atoms with E-state index < -0.39 is 11.8 Å². The zero-order valence-electron chi connectivity index (χ0n) is 21.1. The number of phenols is 2. The van der Waals surface area contributed by atoms with Crippen LogP contribution >= 0.6 is 0 Å². The number of aromatic nitrogens is 4. The van der Waals surface area contributed by atoms with Gasteiger partial charge in [0.25, 0.3) is 0 Å². The largest absolute Gasteiger partial charge is 2.00 e. The summed E-state index contributed by atoms with van der Waals surface area (Å²) in [5, 5.41) is 57.2. The van der Waals surface area contributed by atoms with Crippen LogP contribution in [0, 0.1) is 0 Å². The van der Waals surface area contributed by atoms with E-state index in [0.717, 1.165) is 0 Å². The van der Waals surface area contributed by atoms with Gasteiger partial charge in [0.1, 0.15) is 22.9 Å². The molecule has 0 fully saturated rings. The molecule has 0 radical (unpaired) electrons. The fourth-order valence-corrected chi connectivity index (χ4v) is 2.73. The minimum Gasteiger partial charge on any atom is -0.857 e. The van der Waals surface area contributed by atoms with Crippen LogP contribution in [0.5, 0.6) is 11.5 Å². The van der Waals surface area contributed by atoms with Crippen molar-refractivity contribution in [1.29, 1.82) is 0 Å². The number of hydrogen-bond acceptors (Lipinski definition) is 12. The Bertz CT molecular complexity index is 1370. The van der Waals surface area contributed by atoms with Gasteiger partial charge in [-0.05, 0) is 26.0 Å². The zero-order chi connectivity index (χ0) is 27.3. The Labute approximate surface area is 244 Å². The molecule has 39 heavy (non-hydrogen) atoms. The van der Waals surface area contributed by atoms with Gasteiger partial charge in [-0.2, -0.15) is 20.4 Å². The van der Waals surface area contributed by atoms with Crippen molar-refractivity contribution in [3.63, 3.8) is 0 Å². The Morgan fingerprint density at radius 1 is 0.615 bits per heavy atom. The Balaban J connectivity index is 0.000000267. The smallest absolute Gasteiger partial charge is 0.857 e. The van der Waals surface area contributed by atoms with Crippen molar-refractivity contribution >= 4 is 23.2 Å². The molecule has 0 spiro atoms. The average Bonchev–Trinajstić information content (AvgIpc) is 2.96. The number of para-hydroxylation sites is 2. The Hall–Kier alpha value is -4.60. The monoisotopic (exact) mass is 624 g/mol. The zero-order valence-corrected chi connectivity index (χ0v) is 25.1. The number of rotatable bonds is 6. The third-order valence-electron chi connectivity index (χ3n) is 4.72. The summed E-state index contributed by atoms with van der Waals surface area (Å²) in [7, 11) is 0. The Morgan fingerprint density at radius 2 is 1.00 bits per heavy atom. The van der Waals surface area contributed by atoms with Gasteiger partial charge >= 0.3 is 27.3 Å². The molecule has 4 rings (SSSR count). The van der Waals surface area contributed by atoms with Crippen molar-refractivity contribution in [2.24, 2.45) is 20.4 Å². The van der Waals surface area contributed by atoms with Crippen LogP contribution in [0.2, 0.25) is 0 Å². The quantitative estimate of drug-likeness (QED) is 0.140. The molecule has 4 aromatic rings. The summed E-state index contributed by atoms with van der Waals surface area (Å²) in [6, 6.07) is 12.3. The molecule has 0 aliphatic carbocycles. The number of benzene rings is 2. The van der Waals surface area contributed by atoms with Crippen LogP contribution in [-0.4, -0.2) is 53.4 Å². The van der Waals surface area contributed by atoms with Crippen LogP contribution in [0.3, 0.4) is 0 Å². The van der Waals surface area contributed by atoms with Crippen molar-refractivity contribution in [3.05, 3.63) is 108 Å². The second kappa shape index (κ2) is 15.6. The van der Waals surface area contributed by atoms with Crippen LogP contribution in [0.4, 0.5) is 0 Å². The molecule has 13 heteroatoms. The summed E-state index contributed by atoms with van der Waals surface area (Å²) < 4.78 is 0. The molecule has 0 saturated heterocycles. The minimum absolute atomic E-state index is 0. The van der Waals surface area contributed by atoms with E-state index >= 15 is 0 Å². The van der Waals surface area contributed by atoms with Crippen molar-refractivity contribution < 1.29 is 47.7 Å². The van der Waals surface area contributed by atoms with Crippen molar-refractivity contribution in [1.82, 2.24) is 19.9 Å². The van der Waals surface area contributed by atoms with Gasteiger partial charge in [-0.1, -0.05) is 36.4 Å². The molecule has 0 unspecified atom stereocenters. The van der Waals surface area contributed by atoms with Crippen molar-refractivity contribution in [2.45, 2.75) is 13.8 Å². The van der Waals surface area contributed by atoms with Gasteiger partial charge in [0, 0.05) is 47.7 Å². The van der Waals surface area contributed by atoms with Gasteiger partial charge in [0.2, 0.25) is 0 Å². The maximum atomic E-state index is 11.7. The average molecular weight is 623 g/mol. The minimum atomic E-state index is -0.610. The van der Waals surface area contributed by atoms with Crippen LogP contribution in [0.1, 0.15) is 36.4 Å². The van der Waals surface area contributed by atoms with E-state index in [-0.39, 0.29) is 49.9 Å². The van der Waals surface area contributed by atoms with E-state index in [1.54, 1.807) is 50.5 Å². The van der Waals surface area contributed by atoms with Crippen molar-refractivity contribution in [2.75, 3.05) is 0 Å². The molecule has 0 bridgehead atoms. The summed E-state index contributed by atoms with van der Waals surface area (Å²) in [6.45, 7) is 3.34. The molecule has 2 aromatic carbocycles. The summed E-state index contributed by atoms with van der Waals surface area (Å²) >= 11 is 0. The van der Waals surface area contributed by atoms with Crippen LogP contribution in [0.25, 0.3) is 0 Å². The standard InChI is InChI=1S/2C13H12N4O2.Cd/c2*1-9(11-8-14-6-7-15-11)16-17-13(19)10-4-2-3-5-12(10)18;/h2*2-8,18H,1H3,(H,17,19);/q;;+2/p-2/b2*16-9+;. The van der Waals surface area contributed by atoms with E-state index in [9.17, 15) is 20.4 Å². The molecule has 2 heterocycles. The SMILES string of the molecule is C/C(=N\N=C(/[O-])c1ccccc1O)c1cnccn1.C/C(=N\N=C(/[O-])c1ccccc1O)c1cnccn1.[Cd+2]. The number of nitrogens with zero attached hydrogens (tertiary/aromatic N) is 8. The van der Waals surface area contributed by atoms with Gasteiger partial charge in [-0.15, -0.1) is 0 Å². The van der Waals surface area contributed by atoms with E-state index in [0.29, 0.717) is 22.8 Å². The molecule has 192 valence electrons. The molecule has 0 amide bonds. The Kier molecular flexibility index (Phi) is 12.3. The fourth-order valence-electron chi connectivity index (χ4n) is 2.73. The summed E-state index contributed by atoms with van der Waals surface area (Å²) in [5.41, 5.74) is 2.23. The van der Waals surface area contributed by atoms with E-state index in [2.05, 4.69) is 40.3 Å². The molecule has 0 aliphatic rings. The Morgan fingerprint density at radius 3 is 1.33 bits per heavy atom. The first-order chi connectivity index (χ1) is 18.4. The third kappa shape index (κ3) is 9.33. The first-order valence-electron chi connectivity index (χ1n) is 11.0. The van der Waals surface area contributed by atoms with E-state index in [1.165, 1.54) is 49.1 Å². The second-order valence-electron chi connectivity index (χ2n) is 7.40.